The minimum Gasteiger partial charge on any atom is -0.387 e. The highest BCUT2D eigenvalue weighted by Crippen LogP contribution is 2.22. The lowest BCUT2D eigenvalue weighted by Gasteiger charge is -2.11. The average Bonchev–Trinajstić information content (AvgIpc) is 2.39. The van der Waals surface area contributed by atoms with Crippen LogP contribution in [0.5, 0.6) is 0 Å². The molecule has 18 heavy (non-hydrogen) atoms. The predicted molar refractivity (Wildman–Crippen MR) is 71.0 cm³/mol. The van der Waals surface area contributed by atoms with Crippen LogP contribution < -0.4 is 10.0 Å². The summed E-state index contributed by atoms with van der Waals surface area (Å²) in [6, 6.07) is 11.7. The van der Waals surface area contributed by atoms with E-state index >= 15 is 0 Å². The van der Waals surface area contributed by atoms with E-state index in [1.54, 1.807) is 43.4 Å². The van der Waals surface area contributed by atoms with E-state index in [2.05, 4.69) is 15.0 Å². The Morgan fingerprint density at radius 1 is 1.06 bits per heavy atom. The zero-order valence-electron chi connectivity index (χ0n) is 9.79. The largest absolute Gasteiger partial charge is 0.387 e. The highest BCUT2D eigenvalue weighted by atomic mass is 32.2. The topological polar surface area (TPSA) is 71.1 Å². The predicted octanol–water partition coefficient (Wildman–Crippen LogP) is 1.92. The van der Waals surface area contributed by atoms with Crippen LogP contribution in [0.15, 0.2) is 53.6 Å². The highest BCUT2D eigenvalue weighted by molar-refractivity contribution is 7.92. The zero-order chi connectivity index (χ0) is 13.0. The first-order valence-electron chi connectivity index (χ1n) is 5.34. The highest BCUT2D eigenvalue weighted by Gasteiger charge is 2.17. The molecule has 2 aromatic rings. The van der Waals surface area contributed by atoms with Crippen molar-refractivity contribution in [3.63, 3.8) is 0 Å². The SMILES string of the molecule is CNc1ccccc1S(=O)(=O)Nc1ccccn1. The number of para-hydroxylation sites is 1. The Kier molecular flexibility index (Phi) is 3.47. The van der Waals surface area contributed by atoms with Gasteiger partial charge in [-0.25, -0.2) is 13.4 Å². The first kappa shape index (κ1) is 12.4. The third kappa shape index (κ3) is 2.60. The zero-order valence-corrected chi connectivity index (χ0v) is 10.6. The number of aromatic nitrogens is 1. The molecule has 1 aromatic heterocycles. The second kappa shape index (κ2) is 5.05. The number of hydrogen-bond acceptors (Lipinski definition) is 4. The summed E-state index contributed by atoms with van der Waals surface area (Å²) in [6.45, 7) is 0. The number of anilines is 2. The van der Waals surface area contributed by atoms with Gasteiger partial charge in [-0.1, -0.05) is 18.2 Å². The van der Waals surface area contributed by atoms with E-state index in [0.29, 0.717) is 11.5 Å². The van der Waals surface area contributed by atoms with Crippen molar-refractivity contribution in [1.82, 2.24) is 4.98 Å². The van der Waals surface area contributed by atoms with E-state index in [9.17, 15) is 8.42 Å². The minimum atomic E-state index is -3.63. The van der Waals surface area contributed by atoms with Gasteiger partial charge < -0.3 is 5.32 Å². The number of nitrogens with zero attached hydrogens (tertiary/aromatic N) is 1. The molecule has 0 unspecified atom stereocenters. The Labute approximate surface area is 106 Å². The molecule has 0 aliphatic rings. The summed E-state index contributed by atoms with van der Waals surface area (Å²) in [4.78, 5) is 4.13. The van der Waals surface area contributed by atoms with E-state index in [-0.39, 0.29) is 4.90 Å². The van der Waals surface area contributed by atoms with Crippen LogP contribution >= 0.6 is 0 Å². The third-order valence-corrected chi connectivity index (χ3v) is 3.76. The molecule has 0 spiro atoms. The summed E-state index contributed by atoms with van der Waals surface area (Å²) in [5, 5.41) is 2.85. The van der Waals surface area contributed by atoms with Gasteiger partial charge in [0.1, 0.15) is 10.7 Å². The molecule has 94 valence electrons. The maximum absolute atomic E-state index is 12.2. The molecular weight excluding hydrogens is 250 g/mol. The quantitative estimate of drug-likeness (QED) is 0.884. The molecule has 2 N–H and O–H groups in total. The Morgan fingerprint density at radius 3 is 2.44 bits per heavy atom. The number of sulfonamides is 1. The van der Waals surface area contributed by atoms with E-state index in [1.165, 1.54) is 12.3 Å². The monoisotopic (exact) mass is 263 g/mol. The fraction of sp³-hybridized carbons (Fsp3) is 0.0833. The van der Waals surface area contributed by atoms with Gasteiger partial charge in [-0.3, -0.25) is 4.72 Å². The Balaban J connectivity index is 2.37. The lowest BCUT2D eigenvalue weighted by Crippen LogP contribution is -2.15. The van der Waals surface area contributed by atoms with Crippen LogP contribution in [0.2, 0.25) is 0 Å². The van der Waals surface area contributed by atoms with Crippen molar-refractivity contribution in [2.75, 3.05) is 17.1 Å². The molecule has 2 rings (SSSR count). The average molecular weight is 263 g/mol. The van der Waals surface area contributed by atoms with Crippen molar-refractivity contribution < 1.29 is 8.42 Å². The molecule has 0 saturated heterocycles. The molecular formula is C12H13N3O2S. The third-order valence-electron chi connectivity index (χ3n) is 2.35. The van der Waals surface area contributed by atoms with Gasteiger partial charge in [0.25, 0.3) is 10.0 Å². The van der Waals surface area contributed by atoms with Crippen LogP contribution in [0.25, 0.3) is 0 Å². The second-order valence-electron chi connectivity index (χ2n) is 3.57. The number of rotatable bonds is 4. The lowest BCUT2D eigenvalue weighted by molar-refractivity contribution is 0.601. The van der Waals surface area contributed by atoms with Gasteiger partial charge in [-0.2, -0.15) is 0 Å². The maximum atomic E-state index is 12.2. The summed E-state index contributed by atoms with van der Waals surface area (Å²) >= 11 is 0. The number of pyridine rings is 1. The van der Waals surface area contributed by atoms with E-state index in [0.717, 1.165) is 0 Å². The molecule has 5 nitrogen and oxygen atoms in total. The molecule has 0 aliphatic carbocycles. The molecule has 6 heteroatoms. The smallest absolute Gasteiger partial charge is 0.265 e. The summed E-state index contributed by atoms with van der Waals surface area (Å²) < 4.78 is 26.8. The van der Waals surface area contributed by atoms with Gasteiger partial charge in [0, 0.05) is 13.2 Å². The normalized spacial score (nSPS) is 10.9. The fourth-order valence-electron chi connectivity index (χ4n) is 1.52. The number of hydrogen-bond donors (Lipinski definition) is 2. The number of nitrogens with one attached hydrogen (secondary N) is 2. The molecule has 0 saturated carbocycles. The standard InChI is InChI=1S/C12H13N3O2S/c1-13-10-6-2-3-7-11(10)18(16,17)15-12-8-4-5-9-14-12/h2-9,13H,1H3,(H,14,15). The van der Waals surface area contributed by atoms with Crippen molar-refractivity contribution in [1.29, 1.82) is 0 Å². The van der Waals surface area contributed by atoms with Crippen molar-refractivity contribution in [3.8, 4) is 0 Å². The van der Waals surface area contributed by atoms with Crippen LogP contribution in [0.1, 0.15) is 0 Å². The lowest BCUT2D eigenvalue weighted by atomic mass is 10.3. The fourth-order valence-corrected chi connectivity index (χ4v) is 2.75. The van der Waals surface area contributed by atoms with Crippen LogP contribution in [0.4, 0.5) is 11.5 Å². The first-order valence-corrected chi connectivity index (χ1v) is 6.82. The summed E-state index contributed by atoms with van der Waals surface area (Å²) in [7, 11) is -1.96. The number of benzene rings is 1. The molecule has 0 amide bonds. The van der Waals surface area contributed by atoms with Crippen LogP contribution in [-0.2, 0) is 10.0 Å². The molecule has 1 aromatic carbocycles. The van der Waals surface area contributed by atoms with Gasteiger partial charge >= 0.3 is 0 Å². The van der Waals surface area contributed by atoms with Crippen molar-refractivity contribution in [3.05, 3.63) is 48.7 Å². The van der Waals surface area contributed by atoms with Gasteiger partial charge in [0.15, 0.2) is 0 Å². The molecule has 0 radical (unpaired) electrons. The first-order chi connectivity index (χ1) is 8.63. The molecule has 0 fully saturated rings. The van der Waals surface area contributed by atoms with Gasteiger partial charge in [0.2, 0.25) is 0 Å². The van der Waals surface area contributed by atoms with Crippen LogP contribution in [0, 0.1) is 0 Å². The minimum absolute atomic E-state index is 0.193. The second-order valence-corrected chi connectivity index (χ2v) is 5.22. The van der Waals surface area contributed by atoms with E-state index in [4.69, 9.17) is 0 Å². The Morgan fingerprint density at radius 2 is 1.78 bits per heavy atom. The van der Waals surface area contributed by atoms with Crippen molar-refractivity contribution in [2.24, 2.45) is 0 Å². The molecule has 0 atom stereocenters. The maximum Gasteiger partial charge on any atom is 0.265 e. The van der Waals surface area contributed by atoms with Gasteiger partial charge in [-0.15, -0.1) is 0 Å². The Bertz CT molecular complexity index is 627. The van der Waals surface area contributed by atoms with Crippen molar-refractivity contribution >= 4 is 21.5 Å². The summed E-state index contributed by atoms with van der Waals surface area (Å²) in [5.41, 5.74) is 0.543. The van der Waals surface area contributed by atoms with E-state index in [1.807, 2.05) is 0 Å². The molecule has 1 heterocycles. The summed E-state index contributed by atoms with van der Waals surface area (Å²) in [5.74, 6) is 0.295. The molecule has 0 aliphatic heterocycles. The van der Waals surface area contributed by atoms with Gasteiger partial charge in [-0.05, 0) is 24.3 Å². The van der Waals surface area contributed by atoms with E-state index < -0.39 is 10.0 Å². The summed E-state index contributed by atoms with van der Waals surface area (Å²) in [6.07, 6.45) is 1.53. The Hall–Kier alpha value is -2.08. The van der Waals surface area contributed by atoms with Crippen LogP contribution in [0.3, 0.4) is 0 Å². The van der Waals surface area contributed by atoms with Crippen molar-refractivity contribution in [2.45, 2.75) is 4.90 Å². The van der Waals surface area contributed by atoms with Gasteiger partial charge in [0.05, 0.1) is 5.69 Å². The van der Waals surface area contributed by atoms with Crippen LogP contribution in [-0.4, -0.2) is 20.4 Å². The molecule has 0 bridgehead atoms.